The highest BCUT2D eigenvalue weighted by atomic mass is 35.5. The topological polar surface area (TPSA) is 91.6 Å². The van der Waals surface area contributed by atoms with Crippen molar-refractivity contribution in [2.24, 2.45) is 0 Å². The summed E-state index contributed by atoms with van der Waals surface area (Å²) in [5.74, 6) is 0.0134. The van der Waals surface area contributed by atoms with Crippen molar-refractivity contribution < 1.29 is 19.2 Å². The third-order valence-corrected chi connectivity index (χ3v) is 4.28. The van der Waals surface area contributed by atoms with E-state index in [-0.39, 0.29) is 17.4 Å². The lowest BCUT2D eigenvalue weighted by atomic mass is 10.1. The number of ether oxygens (including phenoxy) is 2. The lowest BCUT2D eigenvalue weighted by Crippen LogP contribution is -2.02. The second-order valence-corrected chi connectivity index (χ2v) is 6.11. The number of fused-ring (bicyclic) bond motifs is 1. The van der Waals surface area contributed by atoms with E-state index in [1.54, 1.807) is 43.5 Å². The molecule has 0 atom stereocenters. The Morgan fingerprint density at radius 3 is 2.79 bits per heavy atom. The third-order valence-electron chi connectivity index (χ3n) is 3.95. The number of carbonyl (C=O) groups excluding carboxylic acids is 1. The summed E-state index contributed by atoms with van der Waals surface area (Å²) in [5, 5.41) is 12.0. The molecule has 0 saturated carbocycles. The highest BCUT2D eigenvalue weighted by Crippen LogP contribution is 2.25. The minimum Gasteiger partial charge on any atom is -0.497 e. The van der Waals surface area contributed by atoms with E-state index in [1.807, 2.05) is 6.07 Å². The van der Waals surface area contributed by atoms with Crippen LogP contribution in [0.15, 0.2) is 54.6 Å². The number of methoxy groups -OCH3 is 1. The molecule has 2 aromatic carbocycles. The second kappa shape index (κ2) is 8.49. The lowest BCUT2D eigenvalue weighted by molar-refractivity contribution is -0.385. The monoisotopic (exact) mass is 398 g/mol. The SMILES string of the molecule is COc1ccc2cc(COC(=O)/C=C/c3ccccc3[N+](=O)[O-])c(Cl)nc2c1. The molecule has 0 fully saturated rings. The maximum Gasteiger partial charge on any atom is 0.331 e. The number of carbonyl (C=O) groups is 1. The molecule has 0 aliphatic heterocycles. The predicted molar refractivity (Wildman–Crippen MR) is 105 cm³/mol. The molecule has 0 bridgehead atoms. The number of nitro benzene ring substituents is 1. The van der Waals surface area contributed by atoms with Crippen LogP contribution in [0, 0.1) is 10.1 Å². The summed E-state index contributed by atoms with van der Waals surface area (Å²) in [4.78, 5) is 26.7. The van der Waals surface area contributed by atoms with Crippen molar-refractivity contribution in [3.63, 3.8) is 0 Å². The van der Waals surface area contributed by atoms with Gasteiger partial charge in [0.15, 0.2) is 0 Å². The molecular formula is C20H15ClN2O5. The first-order valence-corrected chi connectivity index (χ1v) is 8.57. The van der Waals surface area contributed by atoms with Crippen LogP contribution >= 0.6 is 11.6 Å². The predicted octanol–water partition coefficient (Wildman–Crippen LogP) is 4.56. The first-order chi connectivity index (χ1) is 13.5. The van der Waals surface area contributed by atoms with Gasteiger partial charge in [-0.15, -0.1) is 0 Å². The van der Waals surface area contributed by atoms with E-state index in [0.717, 1.165) is 11.5 Å². The van der Waals surface area contributed by atoms with Gasteiger partial charge in [0.1, 0.15) is 17.5 Å². The molecule has 142 valence electrons. The van der Waals surface area contributed by atoms with Crippen LogP contribution < -0.4 is 4.74 Å². The summed E-state index contributed by atoms with van der Waals surface area (Å²) in [5.41, 5.74) is 1.43. The Morgan fingerprint density at radius 2 is 2.04 bits per heavy atom. The molecule has 1 aromatic heterocycles. The molecule has 0 aliphatic rings. The zero-order valence-corrected chi connectivity index (χ0v) is 15.6. The van der Waals surface area contributed by atoms with Gasteiger partial charge >= 0.3 is 5.97 Å². The van der Waals surface area contributed by atoms with E-state index in [2.05, 4.69) is 4.98 Å². The number of nitrogens with zero attached hydrogens (tertiary/aromatic N) is 2. The van der Waals surface area contributed by atoms with Gasteiger partial charge in [-0.25, -0.2) is 9.78 Å². The maximum atomic E-state index is 12.0. The number of rotatable bonds is 6. The van der Waals surface area contributed by atoms with E-state index >= 15 is 0 Å². The highest BCUT2D eigenvalue weighted by Gasteiger charge is 2.11. The number of hydrogen-bond acceptors (Lipinski definition) is 6. The summed E-state index contributed by atoms with van der Waals surface area (Å²) in [6.45, 7) is -0.0755. The highest BCUT2D eigenvalue weighted by molar-refractivity contribution is 6.30. The Bertz CT molecular complexity index is 1080. The molecular weight excluding hydrogens is 384 g/mol. The molecule has 3 rings (SSSR count). The molecule has 0 radical (unpaired) electrons. The largest absolute Gasteiger partial charge is 0.497 e. The molecule has 0 saturated heterocycles. The van der Waals surface area contributed by atoms with Crippen molar-refractivity contribution in [3.8, 4) is 5.75 Å². The number of para-hydroxylation sites is 1. The summed E-state index contributed by atoms with van der Waals surface area (Å²) in [7, 11) is 1.56. The molecule has 3 aromatic rings. The number of nitro groups is 1. The fourth-order valence-electron chi connectivity index (χ4n) is 2.54. The van der Waals surface area contributed by atoms with E-state index in [1.165, 1.54) is 12.1 Å². The average molecular weight is 399 g/mol. The van der Waals surface area contributed by atoms with Crippen LogP contribution in [0.3, 0.4) is 0 Å². The van der Waals surface area contributed by atoms with Crippen LogP contribution in [0.25, 0.3) is 17.0 Å². The van der Waals surface area contributed by atoms with Gasteiger partial charge in [-0.05, 0) is 30.3 Å². The van der Waals surface area contributed by atoms with Gasteiger partial charge in [0.25, 0.3) is 5.69 Å². The number of hydrogen-bond donors (Lipinski definition) is 0. The van der Waals surface area contributed by atoms with E-state index in [0.29, 0.717) is 22.4 Å². The molecule has 1 heterocycles. The Labute approximate surface area is 165 Å². The zero-order chi connectivity index (χ0) is 20.1. The number of halogens is 1. The van der Waals surface area contributed by atoms with Crippen LogP contribution in [0.4, 0.5) is 5.69 Å². The van der Waals surface area contributed by atoms with Gasteiger partial charge in [-0.1, -0.05) is 23.7 Å². The average Bonchev–Trinajstić information content (AvgIpc) is 2.70. The van der Waals surface area contributed by atoms with Crippen molar-refractivity contribution >= 4 is 40.2 Å². The molecule has 0 aliphatic carbocycles. The van der Waals surface area contributed by atoms with Crippen molar-refractivity contribution in [3.05, 3.63) is 81.0 Å². The summed E-state index contributed by atoms with van der Waals surface area (Å²) in [6.07, 6.45) is 2.47. The van der Waals surface area contributed by atoms with Gasteiger partial charge in [0, 0.05) is 29.2 Å². The quantitative estimate of drug-likeness (QED) is 0.199. The van der Waals surface area contributed by atoms with Crippen molar-refractivity contribution in [2.75, 3.05) is 7.11 Å². The number of esters is 1. The lowest BCUT2D eigenvalue weighted by Gasteiger charge is -2.07. The number of aromatic nitrogens is 1. The van der Waals surface area contributed by atoms with Crippen molar-refractivity contribution in [1.29, 1.82) is 0 Å². The van der Waals surface area contributed by atoms with Crippen molar-refractivity contribution in [2.45, 2.75) is 6.61 Å². The maximum absolute atomic E-state index is 12.0. The Hall–Kier alpha value is -3.45. The molecule has 28 heavy (non-hydrogen) atoms. The Morgan fingerprint density at radius 1 is 1.25 bits per heavy atom. The van der Waals surface area contributed by atoms with Gasteiger partial charge in [-0.3, -0.25) is 10.1 Å². The Kier molecular flexibility index (Phi) is 5.86. The minimum absolute atomic E-state index is 0.0755. The van der Waals surface area contributed by atoms with Gasteiger partial charge < -0.3 is 9.47 Å². The summed E-state index contributed by atoms with van der Waals surface area (Å²) >= 11 is 6.17. The number of benzene rings is 2. The molecule has 8 heteroatoms. The standard InChI is InChI=1S/C20H15ClN2O5/c1-27-16-8-6-14-10-15(20(21)22-17(14)11-16)12-28-19(24)9-7-13-4-2-3-5-18(13)23(25)26/h2-11H,12H2,1H3/b9-7+. The third kappa shape index (κ3) is 4.44. The van der Waals surface area contributed by atoms with E-state index in [9.17, 15) is 14.9 Å². The first-order valence-electron chi connectivity index (χ1n) is 8.19. The molecule has 0 amide bonds. The fraction of sp³-hybridized carbons (Fsp3) is 0.100. The minimum atomic E-state index is -0.649. The van der Waals surface area contributed by atoms with Crippen LogP contribution in [0.2, 0.25) is 5.15 Å². The van der Waals surface area contributed by atoms with Gasteiger partial charge in [-0.2, -0.15) is 0 Å². The van der Waals surface area contributed by atoms with Crippen LogP contribution in [0.1, 0.15) is 11.1 Å². The fourth-order valence-corrected chi connectivity index (χ4v) is 2.75. The summed E-state index contributed by atoms with van der Waals surface area (Å²) in [6, 6.07) is 13.3. The smallest absolute Gasteiger partial charge is 0.331 e. The normalized spacial score (nSPS) is 10.9. The molecule has 7 nitrogen and oxygen atoms in total. The van der Waals surface area contributed by atoms with Gasteiger partial charge in [0.05, 0.1) is 23.1 Å². The number of pyridine rings is 1. The molecule has 0 unspecified atom stereocenters. The summed E-state index contributed by atoms with van der Waals surface area (Å²) < 4.78 is 10.3. The molecule has 0 spiro atoms. The molecule has 0 N–H and O–H groups in total. The van der Waals surface area contributed by atoms with Crippen LogP contribution in [0.5, 0.6) is 5.75 Å². The van der Waals surface area contributed by atoms with E-state index < -0.39 is 10.9 Å². The van der Waals surface area contributed by atoms with Gasteiger partial charge in [0.2, 0.25) is 0 Å². The van der Waals surface area contributed by atoms with Crippen LogP contribution in [-0.4, -0.2) is 23.0 Å². The van der Waals surface area contributed by atoms with Crippen molar-refractivity contribution in [1.82, 2.24) is 4.98 Å². The first kappa shape index (κ1) is 19.3. The van der Waals surface area contributed by atoms with Crippen LogP contribution in [-0.2, 0) is 16.1 Å². The van der Waals surface area contributed by atoms with E-state index in [4.69, 9.17) is 21.1 Å². The Balaban J connectivity index is 1.71. The zero-order valence-electron chi connectivity index (χ0n) is 14.8. The second-order valence-electron chi connectivity index (χ2n) is 5.75.